The molecule has 1 N–H and O–H groups in total. The van der Waals surface area contributed by atoms with E-state index in [9.17, 15) is 4.79 Å². The van der Waals surface area contributed by atoms with Gasteiger partial charge < -0.3 is 10.1 Å². The van der Waals surface area contributed by atoms with Crippen molar-refractivity contribution in [3.63, 3.8) is 0 Å². The van der Waals surface area contributed by atoms with Crippen molar-refractivity contribution in [1.29, 1.82) is 0 Å². The van der Waals surface area contributed by atoms with Crippen LogP contribution in [0.15, 0.2) is 72.6 Å². The van der Waals surface area contributed by atoms with Crippen LogP contribution >= 0.6 is 11.3 Å². The number of hydrogen-bond acceptors (Lipinski definition) is 4. The summed E-state index contributed by atoms with van der Waals surface area (Å²) >= 11 is 1.97. The number of hydrogen-bond donors (Lipinski definition) is 1. The third-order valence-corrected chi connectivity index (χ3v) is 8.87. The molecule has 0 aliphatic heterocycles. The molecule has 0 saturated carbocycles. The average molecular weight is 713 g/mol. The molecule has 2 aromatic heterocycles. The van der Waals surface area contributed by atoms with Crippen LogP contribution in [0.2, 0.25) is 0 Å². The second-order valence-electron chi connectivity index (χ2n) is 11.6. The molecule has 0 amide bonds. The molecule has 0 fully saturated rings. The quantitative estimate of drug-likeness (QED) is 0.113. The Balaban J connectivity index is 0.000000394. The summed E-state index contributed by atoms with van der Waals surface area (Å²) < 4.78 is 2.84. The van der Waals surface area contributed by atoms with Crippen molar-refractivity contribution in [2.45, 2.75) is 65.2 Å². The molecule has 0 unspecified atom stereocenters. The molecular weight excluding hydrogens is 679 g/mol. The van der Waals surface area contributed by atoms with E-state index < -0.39 is 0 Å². The minimum Gasteiger partial charge on any atom is -0.512 e. The first-order valence-corrected chi connectivity index (χ1v) is 13.9. The maximum atomic E-state index is 10.0. The smallest absolute Gasteiger partial charge is 0.155 e. The number of ketones is 1. The minimum absolute atomic E-state index is 0. The Hall–Kier alpha value is -2.85. The zero-order chi connectivity index (χ0) is 27.2. The van der Waals surface area contributed by atoms with Crippen LogP contribution in [0, 0.1) is 6.07 Å². The van der Waals surface area contributed by atoms with Gasteiger partial charge >= 0.3 is 0 Å². The number of carbonyl (C=O) groups is 1. The minimum atomic E-state index is -0.125. The van der Waals surface area contributed by atoms with Crippen molar-refractivity contribution in [2.75, 3.05) is 0 Å². The molecule has 1 aliphatic carbocycles. The molecule has 1 aliphatic rings. The fourth-order valence-electron chi connectivity index (χ4n) is 5.68. The van der Waals surface area contributed by atoms with Crippen molar-refractivity contribution >= 4 is 48.1 Å². The second-order valence-corrected chi connectivity index (χ2v) is 12.7. The number of aliphatic hydroxyl groups is 1. The standard InChI is InChI=1S/C29H26NS.C5H8O2.Ir/c1-28(2)13-14-29(3,4)25-23(28)11-10-20-22-17-21-19(16-24(22)31-27(20)25)12-15-30-26(21)18-8-6-5-7-9-18;1-4(6)3-5(2)7;/h5-8,10-12,15-17H,13-14H2,1-4H3;3,6H,1-2H3;/q-1;;/b;4-3-;. The number of pyridine rings is 1. The van der Waals surface area contributed by atoms with E-state index in [1.165, 1.54) is 69.3 Å². The van der Waals surface area contributed by atoms with Crippen molar-refractivity contribution in [1.82, 2.24) is 4.98 Å². The Morgan fingerprint density at radius 1 is 0.974 bits per heavy atom. The molecule has 3 nitrogen and oxygen atoms in total. The van der Waals surface area contributed by atoms with Gasteiger partial charge in [-0.05, 0) is 77.2 Å². The molecule has 203 valence electrons. The molecule has 1 radical (unpaired) electrons. The summed E-state index contributed by atoms with van der Waals surface area (Å²) in [5.41, 5.74) is 5.61. The number of rotatable bonds is 2. The second kappa shape index (κ2) is 11.0. The molecule has 6 rings (SSSR count). The summed E-state index contributed by atoms with van der Waals surface area (Å²) in [5, 5.41) is 13.5. The number of benzene rings is 3. The largest absolute Gasteiger partial charge is 0.512 e. The van der Waals surface area contributed by atoms with Gasteiger partial charge in [-0.2, -0.15) is 0 Å². The Kier molecular flexibility index (Phi) is 8.19. The molecule has 2 heterocycles. The molecular formula is C34H34IrNO2S-. The predicted molar refractivity (Wildman–Crippen MR) is 161 cm³/mol. The normalized spacial score (nSPS) is 15.8. The van der Waals surface area contributed by atoms with Gasteiger partial charge in [0, 0.05) is 52.6 Å². The van der Waals surface area contributed by atoms with Gasteiger partial charge in [-0.1, -0.05) is 45.9 Å². The molecule has 0 saturated heterocycles. The first kappa shape index (κ1) is 29.1. The molecule has 0 spiro atoms. The van der Waals surface area contributed by atoms with E-state index in [0.29, 0.717) is 0 Å². The summed E-state index contributed by atoms with van der Waals surface area (Å²) in [6.45, 7) is 12.5. The number of aliphatic hydroxyl groups excluding tert-OH is 1. The number of nitrogens with zero attached hydrogens (tertiary/aromatic N) is 1. The molecule has 3 aromatic carbocycles. The maximum absolute atomic E-state index is 10.0. The van der Waals surface area contributed by atoms with E-state index in [2.05, 4.69) is 76.2 Å². The van der Waals surface area contributed by atoms with Crippen LogP contribution in [-0.2, 0) is 35.7 Å². The third-order valence-electron chi connectivity index (χ3n) is 7.68. The van der Waals surface area contributed by atoms with Gasteiger partial charge in [-0.15, -0.1) is 47.2 Å². The zero-order valence-electron chi connectivity index (χ0n) is 23.3. The molecule has 5 heteroatoms. The number of carbonyl (C=O) groups excluding carboxylic acids is 1. The van der Waals surface area contributed by atoms with Gasteiger partial charge in [0.1, 0.15) is 0 Å². The number of thiophene rings is 1. The molecule has 5 aromatic rings. The van der Waals surface area contributed by atoms with Crippen LogP contribution in [0.5, 0.6) is 0 Å². The average Bonchev–Trinajstić information content (AvgIpc) is 3.22. The van der Waals surface area contributed by atoms with Gasteiger partial charge in [0.15, 0.2) is 5.78 Å². The third kappa shape index (κ3) is 5.59. The van der Waals surface area contributed by atoms with Crippen LogP contribution in [0.1, 0.15) is 65.5 Å². The van der Waals surface area contributed by atoms with Crippen LogP contribution in [0.3, 0.4) is 0 Å². The van der Waals surface area contributed by atoms with Gasteiger partial charge in [-0.25, -0.2) is 0 Å². The zero-order valence-corrected chi connectivity index (χ0v) is 26.5. The van der Waals surface area contributed by atoms with Crippen LogP contribution < -0.4 is 0 Å². The van der Waals surface area contributed by atoms with Gasteiger partial charge in [0.2, 0.25) is 0 Å². The van der Waals surface area contributed by atoms with E-state index in [1.54, 1.807) is 5.56 Å². The van der Waals surface area contributed by atoms with Crippen molar-refractivity contribution in [2.24, 2.45) is 0 Å². The van der Waals surface area contributed by atoms with Crippen molar-refractivity contribution in [3.8, 4) is 11.3 Å². The predicted octanol–water partition coefficient (Wildman–Crippen LogP) is 9.45. The van der Waals surface area contributed by atoms with Crippen molar-refractivity contribution in [3.05, 3.63) is 89.8 Å². The monoisotopic (exact) mass is 713 g/mol. The van der Waals surface area contributed by atoms with Crippen LogP contribution in [-0.4, -0.2) is 15.9 Å². The van der Waals surface area contributed by atoms with Crippen LogP contribution in [0.4, 0.5) is 0 Å². The molecule has 0 atom stereocenters. The van der Waals surface area contributed by atoms with Crippen LogP contribution in [0.25, 0.3) is 42.2 Å². The Morgan fingerprint density at radius 3 is 2.36 bits per heavy atom. The number of allylic oxidation sites excluding steroid dienone is 2. The molecule has 39 heavy (non-hydrogen) atoms. The van der Waals surface area contributed by atoms with Gasteiger partial charge in [-0.3, -0.25) is 4.79 Å². The van der Waals surface area contributed by atoms with E-state index in [4.69, 9.17) is 10.1 Å². The van der Waals surface area contributed by atoms with E-state index in [1.807, 2.05) is 29.7 Å². The van der Waals surface area contributed by atoms with Gasteiger partial charge in [0.05, 0.1) is 5.76 Å². The Bertz CT molecular complexity index is 1710. The summed E-state index contributed by atoms with van der Waals surface area (Å²) in [6, 6.07) is 23.1. The Morgan fingerprint density at radius 2 is 1.72 bits per heavy atom. The van der Waals surface area contributed by atoms with E-state index in [0.717, 1.165) is 11.3 Å². The Labute approximate surface area is 248 Å². The fourth-order valence-corrected chi connectivity index (χ4v) is 7.14. The SMILES string of the molecule is CC(=O)/C=C(/C)O.CC1(C)CCC(C)(C)c2c1ccc1c2sc2cc3ccnc(-c4[c-]cccc4)c3cc21.[Ir]. The van der Waals surface area contributed by atoms with E-state index in [-0.39, 0.29) is 42.5 Å². The summed E-state index contributed by atoms with van der Waals surface area (Å²) in [5.74, 6) is -0.0625. The van der Waals surface area contributed by atoms with Gasteiger partial charge in [0.25, 0.3) is 0 Å². The molecule has 0 bridgehead atoms. The first-order chi connectivity index (χ1) is 18.0. The maximum Gasteiger partial charge on any atom is 0.155 e. The first-order valence-electron chi connectivity index (χ1n) is 13.1. The summed E-state index contributed by atoms with van der Waals surface area (Å²) in [6.07, 6.45) is 5.57. The topological polar surface area (TPSA) is 50.2 Å². The van der Waals surface area contributed by atoms with Crippen molar-refractivity contribution < 1.29 is 30.0 Å². The summed E-state index contributed by atoms with van der Waals surface area (Å²) in [7, 11) is 0. The fraction of sp³-hybridized carbons (Fsp3) is 0.294. The van der Waals surface area contributed by atoms with E-state index >= 15 is 0 Å². The number of aromatic nitrogens is 1. The summed E-state index contributed by atoms with van der Waals surface area (Å²) in [4.78, 5) is 14.8. The number of fused-ring (bicyclic) bond motifs is 6.